The first-order valence-corrected chi connectivity index (χ1v) is 4.90. The predicted octanol–water partition coefficient (Wildman–Crippen LogP) is 2.28. The van der Waals surface area contributed by atoms with Crippen molar-refractivity contribution in [2.45, 2.75) is 11.8 Å². The summed E-state index contributed by atoms with van der Waals surface area (Å²) in [5.74, 6) is 0. The van der Waals surface area contributed by atoms with Gasteiger partial charge in [0.15, 0.2) is 0 Å². The molecule has 0 radical (unpaired) electrons. The minimum atomic E-state index is -3.76. The van der Waals surface area contributed by atoms with E-state index in [1.807, 2.05) is 0 Å². The van der Waals surface area contributed by atoms with Crippen LogP contribution in [0.1, 0.15) is 5.56 Å². The van der Waals surface area contributed by atoms with Crippen molar-refractivity contribution < 1.29 is 12.2 Å². The maximum atomic E-state index is 11.1. The van der Waals surface area contributed by atoms with E-state index in [0.717, 1.165) is 0 Å². The van der Waals surface area contributed by atoms with E-state index in [-0.39, 0.29) is 17.3 Å². The molecule has 0 aliphatic rings. The highest BCUT2D eigenvalue weighted by molar-refractivity contribution is 7.87. The number of hydrogen-bond acceptors (Lipinski definition) is 3. The summed E-state index contributed by atoms with van der Waals surface area (Å²) < 4.78 is 26.0. The molecule has 74 valence electrons. The van der Waals surface area contributed by atoms with Crippen molar-refractivity contribution >= 4 is 34.4 Å². The number of rotatable bonds is 2. The molecule has 6 heteroatoms. The van der Waals surface area contributed by atoms with E-state index in [1.165, 1.54) is 6.07 Å². The lowest BCUT2D eigenvalue weighted by Gasteiger charge is -2.01. The summed E-state index contributed by atoms with van der Waals surface area (Å²) in [6.07, 6.45) is 0. The monoisotopic (exact) mass is 242 g/mol. The molecule has 0 fully saturated rings. The highest BCUT2D eigenvalue weighted by atomic mass is 35.5. The lowest BCUT2D eigenvalue weighted by atomic mass is 10.2. The van der Waals surface area contributed by atoms with Crippen LogP contribution in [0, 0.1) is 6.92 Å². The summed E-state index contributed by atoms with van der Waals surface area (Å²) >= 11 is 4.81. The third kappa shape index (κ3) is 2.84. The van der Waals surface area contributed by atoms with E-state index < -0.39 is 10.1 Å². The van der Waals surface area contributed by atoms with Gasteiger partial charge in [-0.3, -0.25) is 0 Å². The van der Waals surface area contributed by atoms with Crippen LogP contribution in [0.5, 0.6) is 0 Å². The summed E-state index contributed by atoms with van der Waals surface area (Å²) in [4.78, 5) is 0.0972. The molecule has 0 aromatic heterocycles. The summed E-state index contributed by atoms with van der Waals surface area (Å²) in [5, 5.41) is 0. The van der Waals surface area contributed by atoms with Crippen molar-refractivity contribution in [3.63, 3.8) is 0 Å². The van der Waals surface area contributed by atoms with Crippen LogP contribution in [0.3, 0.4) is 0 Å². The van der Waals surface area contributed by atoms with Crippen molar-refractivity contribution in [3.05, 3.63) is 29.8 Å². The summed E-state index contributed by atoms with van der Waals surface area (Å²) in [6.45, 7) is 1.67. The normalized spacial score (nSPS) is 10.6. The Kier molecular flexibility index (Phi) is 4.70. The Labute approximate surface area is 88.4 Å². The van der Waals surface area contributed by atoms with Gasteiger partial charge in [-0.1, -0.05) is 18.2 Å². The molecule has 3 nitrogen and oxygen atoms in total. The molecule has 1 aromatic rings. The van der Waals surface area contributed by atoms with Gasteiger partial charge in [0, 0.05) is 0 Å². The molecule has 0 atom stereocenters. The SMILES string of the molecule is Cc1ccccc1S(=O)(=O)OCl.Cl. The van der Waals surface area contributed by atoms with Crippen molar-refractivity contribution in [1.29, 1.82) is 0 Å². The van der Waals surface area contributed by atoms with Crippen molar-refractivity contribution in [1.82, 2.24) is 0 Å². The van der Waals surface area contributed by atoms with Crippen LogP contribution >= 0.6 is 24.3 Å². The van der Waals surface area contributed by atoms with Gasteiger partial charge in [0.1, 0.15) is 0 Å². The molecule has 0 heterocycles. The Morgan fingerprint density at radius 1 is 1.31 bits per heavy atom. The molecule has 0 bridgehead atoms. The van der Waals surface area contributed by atoms with Crippen molar-refractivity contribution in [3.8, 4) is 0 Å². The molecule has 0 amide bonds. The standard InChI is InChI=1S/C7H7ClO3S.ClH/c1-6-4-2-3-5-7(6)12(9,10)11-8;/h2-5H,1H3;1H. The molecule has 0 aliphatic heterocycles. The highest BCUT2D eigenvalue weighted by Gasteiger charge is 2.15. The van der Waals surface area contributed by atoms with Crippen LogP contribution in [-0.2, 0) is 13.9 Å². The van der Waals surface area contributed by atoms with E-state index >= 15 is 0 Å². The molecule has 0 aliphatic carbocycles. The van der Waals surface area contributed by atoms with Crippen LogP contribution in [0.4, 0.5) is 0 Å². The highest BCUT2D eigenvalue weighted by Crippen LogP contribution is 2.17. The molecule has 0 saturated carbocycles. The van der Waals surface area contributed by atoms with Gasteiger partial charge >= 0.3 is 10.1 Å². The van der Waals surface area contributed by atoms with Gasteiger partial charge in [0.05, 0.1) is 16.8 Å². The van der Waals surface area contributed by atoms with Gasteiger partial charge in [0.2, 0.25) is 0 Å². The molecule has 13 heavy (non-hydrogen) atoms. The Hall–Kier alpha value is -0.290. The van der Waals surface area contributed by atoms with Crippen LogP contribution < -0.4 is 0 Å². The first-order valence-electron chi connectivity index (χ1n) is 3.19. The van der Waals surface area contributed by atoms with Gasteiger partial charge < -0.3 is 0 Å². The van der Waals surface area contributed by atoms with Crippen LogP contribution in [0.25, 0.3) is 0 Å². The summed E-state index contributed by atoms with van der Waals surface area (Å²) in [6, 6.07) is 6.45. The molecule has 0 unspecified atom stereocenters. The van der Waals surface area contributed by atoms with E-state index in [1.54, 1.807) is 25.1 Å². The Morgan fingerprint density at radius 3 is 2.31 bits per heavy atom. The number of benzene rings is 1. The average molecular weight is 243 g/mol. The second-order valence-corrected chi connectivity index (χ2v) is 4.13. The Bertz CT molecular complexity index is 375. The molecule has 0 N–H and O–H groups in total. The number of hydrogen-bond donors (Lipinski definition) is 0. The molecule has 0 saturated heterocycles. The first-order chi connectivity index (χ1) is 5.58. The summed E-state index contributed by atoms with van der Waals surface area (Å²) in [5.41, 5.74) is 0.609. The van der Waals surface area contributed by atoms with Gasteiger partial charge in [-0.25, -0.2) is 0 Å². The molecular formula is C7H8Cl2O3S. The zero-order valence-electron chi connectivity index (χ0n) is 6.73. The van der Waals surface area contributed by atoms with Crippen molar-refractivity contribution in [2.24, 2.45) is 0 Å². The van der Waals surface area contributed by atoms with Gasteiger partial charge in [-0.2, -0.15) is 12.2 Å². The van der Waals surface area contributed by atoms with E-state index in [0.29, 0.717) is 5.56 Å². The Balaban J connectivity index is 0.00000144. The zero-order valence-corrected chi connectivity index (χ0v) is 9.12. The average Bonchev–Trinajstić information content (AvgIpc) is 2.05. The molecule has 1 rings (SSSR count). The summed E-state index contributed by atoms with van der Waals surface area (Å²) in [7, 11) is -3.76. The fourth-order valence-electron chi connectivity index (χ4n) is 0.871. The quantitative estimate of drug-likeness (QED) is 0.800. The van der Waals surface area contributed by atoms with Crippen molar-refractivity contribution in [2.75, 3.05) is 0 Å². The second kappa shape index (κ2) is 4.81. The maximum absolute atomic E-state index is 11.1. The van der Waals surface area contributed by atoms with Gasteiger partial charge in [-0.15, -0.1) is 12.4 Å². The third-order valence-corrected chi connectivity index (χ3v) is 3.11. The molecule has 1 aromatic carbocycles. The smallest absolute Gasteiger partial charge is 0.193 e. The maximum Gasteiger partial charge on any atom is 0.313 e. The van der Waals surface area contributed by atoms with E-state index in [9.17, 15) is 8.42 Å². The Morgan fingerprint density at radius 2 is 1.85 bits per heavy atom. The van der Waals surface area contributed by atoms with Crippen LogP contribution in [-0.4, -0.2) is 8.42 Å². The second-order valence-electron chi connectivity index (χ2n) is 2.28. The lowest BCUT2D eigenvalue weighted by molar-refractivity contribution is 0.508. The predicted molar refractivity (Wildman–Crippen MR) is 52.6 cm³/mol. The largest absolute Gasteiger partial charge is 0.313 e. The molecule has 0 spiro atoms. The number of halogens is 2. The third-order valence-electron chi connectivity index (χ3n) is 1.45. The van der Waals surface area contributed by atoms with Gasteiger partial charge in [0.25, 0.3) is 0 Å². The minimum Gasteiger partial charge on any atom is -0.193 e. The minimum absolute atomic E-state index is 0. The first kappa shape index (κ1) is 12.7. The van der Waals surface area contributed by atoms with Crippen LogP contribution in [0.2, 0.25) is 0 Å². The van der Waals surface area contributed by atoms with E-state index in [4.69, 9.17) is 11.9 Å². The zero-order chi connectivity index (χ0) is 9.19. The fraction of sp³-hybridized carbons (Fsp3) is 0.143. The number of aryl methyl sites for hydroxylation is 1. The topological polar surface area (TPSA) is 43.4 Å². The van der Waals surface area contributed by atoms with Gasteiger partial charge in [-0.05, 0) is 18.6 Å². The molecular weight excluding hydrogens is 235 g/mol. The fourth-order valence-corrected chi connectivity index (χ4v) is 1.85. The lowest BCUT2D eigenvalue weighted by Crippen LogP contribution is -2.01. The van der Waals surface area contributed by atoms with Crippen LogP contribution in [0.15, 0.2) is 29.2 Å². The van der Waals surface area contributed by atoms with E-state index in [2.05, 4.69) is 3.74 Å².